The molecule has 90 valence electrons. The zero-order valence-electron chi connectivity index (χ0n) is 10.2. The van der Waals surface area contributed by atoms with Crippen molar-refractivity contribution < 1.29 is 4.74 Å². The first kappa shape index (κ1) is 11.9. The van der Waals surface area contributed by atoms with Crippen LogP contribution in [0.3, 0.4) is 0 Å². The van der Waals surface area contributed by atoms with Gasteiger partial charge in [-0.3, -0.25) is 4.79 Å². The monoisotopic (exact) mass is 240 g/mol. The van der Waals surface area contributed by atoms with Gasteiger partial charge in [-0.1, -0.05) is 30.0 Å². The number of nitrogens with zero attached hydrogens (tertiary/aromatic N) is 2. The van der Waals surface area contributed by atoms with Crippen LogP contribution in [0.5, 0.6) is 5.75 Å². The van der Waals surface area contributed by atoms with Gasteiger partial charge in [0, 0.05) is 12.6 Å². The van der Waals surface area contributed by atoms with Crippen LogP contribution in [0.4, 0.5) is 0 Å². The molecule has 0 aliphatic rings. The molecule has 0 fully saturated rings. The molecule has 0 saturated carbocycles. The van der Waals surface area contributed by atoms with E-state index in [0.717, 1.165) is 5.56 Å². The van der Waals surface area contributed by atoms with Gasteiger partial charge in [0.1, 0.15) is 5.56 Å². The molecule has 2 aromatic rings. The van der Waals surface area contributed by atoms with Gasteiger partial charge in [0.25, 0.3) is 5.56 Å². The summed E-state index contributed by atoms with van der Waals surface area (Å²) in [5.74, 6) is 6.16. The molecule has 1 aromatic heterocycles. The summed E-state index contributed by atoms with van der Waals surface area (Å²) in [7, 11) is 3.07. The number of rotatable bonds is 1. The van der Waals surface area contributed by atoms with Gasteiger partial charge in [0.15, 0.2) is 5.75 Å². The van der Waals surface area contributed by atoms with Crippen LogP contribution in [-0.4, -0.2) is 16.9 Å². The van der Waals surface area contributed by atoms with Crippen molar-refractivity contribution in [2.75, 3.05) is 7.11 Å². The van der Waals surface area contributed by atoms with Crippen LogP contribution in [-0.2, 0) is 7.05 Å². The van der Waals surface area contributed by atoms with Crippen LogP contribution < -0.4 is 10.3 Å². The first-order valence-corrected chi connectivity index (χ1v) is 5.39. The van der Waals surface area contributed by atoms with Crippen LogP contribution in [0.1, 0.15) is 11.1 Å². The maximum absolute atomic E-state index is 11.9. The summed E-state index contributed by atoms with van der Waals surface area (Å²) >= 11 is 0. The highest BCUT2D eigenvalue weighted by molar-refractivity contribution is 5.47. The Morgan fingerprint density at radius 2 is 1.94 bits per heavy atom. The van der Waals surface area contributed by atoms with Crippen LogP contribution in [0.15, 0.2) is 41.3 Å². The molecule has 1 aromatic carbocycles. The van der Waals surface area contributed by atoms with Crippen molar-refractivity contribution in [3.8, 4) is 17.6 Å². The number of ether oxygens (including phenoxy) is 1. The Morgan fingerprint density at radius 3 is 2.61 bits per heavy atom. The summed E-state index contributed by atoms with van der Waals surface area (Å²) in [6.07, 6.45) is 1.48. The number of methoxy groups -OCH3 is 1. The van der Waals surface area contributed by atoms with Crippen LogP contribution in [0.2, 0.25) is 0 Å². The molecule has 0 unspecified atom stereocenters. The smallest absolute Gasteiger partial charge is 0.286 e. The predicted octanol–water partition coefficient (Wildman–Crippen LogP) is 1.19. The quantitative estimate of drug-likeness (QED) is 0.703. The molecule has 1 heterocycles. The van der Waals surface area contributed by atoms with Crippen molar-refractivity contribution in [2.24, 2.45) is 7.05 Å². The summed E-state index contributed by atoms with van der Waals surface area (Å²) < 4.78 is 6.32. The summed E-state index contributed by atoms with van der Waals surface area (Å²) in [5, 5.41) is 3.88. The first-order valence-electron chi connectivity index (χ1n) is 5.39. The normalized spacial score (nSPS) is 9.44. The zero-order chi connectivity index (χ0) is 13.0. The van der Waals surface area contributed by atoms with Gasteiger partial charge < -0.3 is 4.74 Å². The Morgan fingerprint density at radius 1 is 1.22 bits per heavy atom. The van der Waals surface area contributed by atoms with Crippen molar-refractivity contribution in [1.29, 1.82) is 0 Å². The van der Waals surface area contributed by atoms with Crippen molar-refractivity contribution in [1.82, 2.24) is 9.78 Å². The second kappa shape index (κ2) is 5.19. The molecule has 18 heavy (non-hydrogen) atoms. The Kier molecular flexibility index (Phi) is 3.44. The average molecular weight is 240 g/mol. The van der Waals surface area contributed by atoms with Gasteiger partial charge in [-0.05, 0) is 12.1 Å². The Bertz CT molecular complexity index is 664. The summed E-state index contributed by atoms with van der Waals surface area (Å²) in [5.41, 5.74) is 0.898. The largest absolute Gasteiger partial charge is 0.494 e. The summed E-state index contributed by atoms with van der Waals surface area (Å²) in [6, 6.07) is 9.46. The van der Waals surface area contributed by atoms with Crippen molar-refractivity contribution in [3.63, 3.8) is 0 Å². The molecule has 0 N–H and O–H groups in total. The summed E-state index contributed by atoms with van der Waals surface area (Å²) in [6.45, 7) is 0. The van der Waals surface area contributed by atoms with Crippen molar-refractivity contribution in [3.05, 3.63) is 58.0 Å². The molecule has 0 bridgehead atoms. The molecule has 0 aliphatic carbocycles. The Balaban J connectivity index is 2.50. The fourth-order valence-corrected chi connectivity index (χ4v) is 1.45. The Hall–Kier alpha value is -2.54. The second-order valence-corrected chi connectivity index (χ2v) is 3.63. The lowest BCUT2D eigenvalue weighted by molar-refractivity contribution is 0.406. The van der Waals surface area contributed by atoms with Gasteiger partial charge >= 0.3 is 0 Å². The van der Waals surface area contributed by atoms with Gasteiger partial charge in [0.2, 0.25) is 0 Å². The topological polar surface area (TPSA) is 44.1 Å². The van der Waals surface area contributed by atoms with E-state index in [0.29, 0.717) is 11.3 Å². The van der Waals surface area contributed by atoms with Crippen LogP contribution in [0, 0.1) is 11.8 Å². The molecule has 0 aliphatic heterocycles. The standard InChI is InChI=1S/C14H12N2O2/c1-16-14(17)12(13(18-2)10-15-16)9-8-11-6-4-3-5-7-11/h3-7,10H,1-2H3. The summed E-state index contributed by atoms with van der Waals surface area (Å²) in [4.78, 5) is 11.9. The maximum Gasteiger partial charge on any atom is 0.286 e. The number of aryl methyl sites for hydroxylation is 1. The third kappa shape index (κ3) is 2.41. The molecule has 0 radical (unpaired) electrons. The second-order valence-electron chi connectivity index (χ2n) is 3.63. The van der Waals surface area contributed by atoms with Crippen molar-refractivity contribution in [2.45, 2.75) is 0 Å². The highest BCUT2D eigenvalue weighted by atomic mass is 16.5. The lowest BCUT2D eigenvalue weighted by Gasteiger charge is -2.03. The lowest BCUT2D eigenvalue weighted by atomic mass is 10.2. The fraction of sp³-hybridized carbons (Fsp3) is 0.143. The fourth-order valence-electron chi connectivity index (χ4n) is 1.45. The Labute approximate surface area is 105 Å². The number of benzene rings is 1. The molecular weight excluding hydrogens is 228 g/mol. The number of aromatic nitrogens is 2. The van der Waals surface area contributed by atoms with Crippen molar-refractivity contribution >= 4 is 0 Å². The van der Waals surface area contributed by atoms with E-state index in [1.54, 1.807) is 7.05 Å². The third-order valence-corrected chi connectivity index (χ3v) is 2.43. The predicted molar refractivity (Wildman–Crippen MR) is 68.5 cm³/mol. The van der Waals surface area contributed by atoms with Gasteiger partial charge in [0.05, 0.1) is 13.3 Å². The highest BCUT2D eigenvalue weighted by Crippen LogP contribution is 2.10. The SMILES string of the molecule is COc1cnn(C)c(=O)c1C#Cc1ccccc1. The highest BCUT2D eigenvalue weighted by Gasteiger charge is 2.07. The minimum Gasteiger partial charge on any atom is -0.494 e. The minimum absolute atomic E-state index is 0.266. The van der Waals surface area contributed by atoms with E-state index in [4.69, 9.17) is 4.74 Å². The van der Waals surface area contributed by atoms with E-state index in [2.05, 4.69) is 16.9 Å². The molecular formula is C14H12N2O2. The molecule has 4 heteroatoms. The zero-order valence-corrected chi connectivity index (χ0v) is 10.2. The first-order chi connectivity index (χ1) is 8.72. The van der Waals surface area contributed by atoms with Crippen LogP contribution in [0.25, 0.3) is 0 Å². The minimum atomic E-state index is -0.266. The molecule has 0 saturated heterocycles. The van der Waals surface area contributed by atoms with Gasteiger partial charge in [-0.15, -0.1) is 0 Å². The molecule has 0 atom stereocenters. The van der Waals surface area contributed by atoms with E-state index in [-0.39, 0.29) is 5.56 Å². The van der Waals surface area contributed by atoms with Crippen LogP contribution >= 0.6 is 0 Å². The van der Waals surface area contributed by atoms with E-state index in [9.17, 15) is 4.79 Å². The van der Waals surface area contributed by atoms with E-state index >= 15 is 0 Å². The van der Waals surface area contributed by atoms with E-state index < -0.39 is 0 Å². The molecule has 4 nitrogen and oxygen atoms in total. The molecule has 2 rings (SSSR count). The van der Waals surface area contributed by atoms with Gasteiger partial charge in [-0.2, -0.15) is 5.10 Å². The van der Waals surface area contributed by atoms with E-state index in [1.165, 1.54) is 18.0 Å². The maximum atomic E-state index is 11.9. The number of hydrogen-bond acceptors (Lipinski definition) is 3. The molecule has 0 amide bonds. The van der Waals surface area contributed by atoms with E-state index in [1.807, 2.05) is 30.3 Å². The average Bonchev–Trinajstić information content (AvgIpc) is 2.41. The lowest BCUT2D eigenvalue weighted by Crippen LogP contribution is -2.22. The third-order valence-electron chi connectivity index (χ3n) is 2.43. The number of hydrogen-bond donors (Lipinski definition) is 0. The molecule has 0 spiro atoms. The van der Waals surface area contributed by atoms with Gasteiger partial charge in [-0.25, -0.2) is 4.68 Å².